The Hall–Kier alpha value is -3.49. The van der Waals surface area contributed by atoms with Gasteiger partial charge in [0, 0.05) is 5.56 Å². The van der Waals surface area contributed by atoms with E-state index in [9.17, 15) is 9.59 Å². The third kappa shape index (κ3) is 5.40. The van der Waals surface area contributed by atoms with Crippen molar-refractivity contribution in [1.82, 2.24) is 10.0 Å². The molecule has 0 bridgehead atoms. The monoisotopic (exact) mass is 455 g/mol. The van der Waals surface area contributed by atoms with Gasteiger partial charge in [-0.1, -0.05) is 30.3 Å². The van der Waals surface area contributed by atoms with Gasteiger partial charge in [0.2, 0.25) is 6.41 Å². The Morgan fingerprint density at radius 3 is 2.62 bits per heavy atom. The van der Waals surface area contributed by atoms with E-state index in [1.165, 1.54) is 5.06 Å². The molecule has 1 aromatic heterocycles. The number of carbonyl (C=O) groups excluding carboxylic acids is 2. The Balaban J connectivity index is 0.00000289. The van der Waals surface area contributed by atoms with Crippen molar-refractivity contribution in [3.8, 4) is 17.0 Å². The Bertz CT molecular complexity index is 1060. The third-order valence-electron chi connectivity index (χ3n) is 4.90. The number of hydroxylamine groups is 2. The lowest BCUT2D eigenvalue weighted by Gasteiger charge is -2.17. The minimum atomic E-state index is -0.254. The Morgan fingerprint density at radius 2 is 1.91 bits per heavy atom. The molecule has 32 heavy (non-hydrogen) atoms. The summed E-state index contributed by atoms with van der Waals surface area (Å²) in [4.78, 5) is 33.3. The maximum absolute atomic E-state index is 12.2. The lowest BCUT2D eigenvalue weighted by Crippen LogP contribution is -2.42. The first kappa shape index (κ1) is 23.2. The zero-order valence-corrected chi connectivity index (χ0v) is 18.3. The van der Waals surface area contributed by atoms with Crippen molar-refractivity contribution in [2.24, 2.45) is 0 Å². The number of aromatic nitrogens is 2. The first-order valence-electron chi connectivity index (χ1n) is 9.98. The molecule has 3 aromatic rings. The molecule has 8 nitrogen and oxygen atoms in total. The molecule has 4 rings (SSSR count). The number of amides is 1. The van der Waals surface area contributed by atoms with Crippen molar-refractivity contribution < 1.29 is 23.7 Å². The van der Waals surface area contributed by atoms with Gasteiger partial charge in [-0.3, -0.25) is 14.9 Å². The number of nitrogens with one attached hydrogen (secondary N) is 1. The van der Waals surface area contributed by atoms with Gasteiger partial charge < -0.3 is 4.74 Å². The van der Waals surface area contributed by atoms with E-state index < -0.39 is 0 Å². The molecule has 1 N–H and O–H groups in total. The van der Waals surface area contributed by atoms with Crippen LogP contribution in [-0.2, 0) is 16.2 Å². The van der Waals surface area contributed by atoms with Gasteiger partial charge in [-0.25, -0.2) is 14.8 Å². The van der Waals surface area contributed by atoms with Crippen LogP contribution in [0.15, 0.2) is 67.0 Å². The molecule has 0 saturated carbocycles. The number of hydrogen-bond acceptors (Lipinski definition) is 6. The standard InChI is InChI=1S/C23H22N4O4.ClH/c1-17-23(29)27-14-21(24-13-22(27)25-17)19-7-9-20(10-8-19)30-12-11-26(16-28)31-15-18-5-3-2-4-6-18;/h2-10,13-14,16-17H,11-12,15H2,1H3;1H/p+1. The number of ether oxygens (including phenoxy) is 1. The lowest BCUT2D eigenvalue weighted by molar-refractivity contribution is -0.552. The van der Waals surface area contributed by atoms with Gasteiger partial charge in [0.1, 0.15) is 37.1 Å². The number of hydrogen-bond donors (Lipinski definition) is 1. The summed E-state index contributed by atoms with van der Waals surface area (Å²) in [5.41, 5.74) is 2.55. The van der Waals surface area contributed by atoms with Crippen LogP contribution in [0.2, 0.25) is 0 Å². The van der Waals surface area contributed by atoms with Crippen molar-refractivity contribution >= 4 is 30.5 Å². The lowest BCUT2D eigenvalue weighted by atomic mass is 10.1. The third-order valence-corrected chi connectivity index (χ3v) is 4.90. The number of benzene rings is 2. The number of nitrogens with zero attached hydrogens (tertiary/aromatic N) is 3. The molecule has 1 amide bonds. The normalized spacial score (nSPS) is 14.2. The molecular formula is C23H24ClN4O4+. The second kappa shape index (κ2) is 10.7. The predicted octanol–water partition coefficient (Wildman–Crippen LogP) is 2.88. The molecule has 0 spiro atoms. The summed E-state index contributed by atoms with van der Waals surface area (Å²) in [6.07, 6.45) is 4.03. The smallest absolute Gasteiger partial charge is 0.358 e. The molecule has 166 valence electrons. The van der Waals surface area contributed by atoms with Crippen LogP contribution in [-0.4, -0.2) is 41.6 Å². The molecule has 2 heterocycles. The minimum Gasteiger partial charge on any atom is -0.492 e. The summed E-state index contributed by atoms with van der Waals surface area (Å²) in [6.45, 7) is 2.72. The summed E-state index contributed by atoms with van der Waals surface area (Å²) in [6, 6.07) is 16.8. The molecular weight excluding hydrogens is 432 g/mol. The number of anilines is 1. The second-order valence-electron chi connectivity index (χ2n) is 7.11. The van der Waals surface area contributed by atoms with Crippen molar-refractivity contribution in [2.75, 3.05) is 18.5 Å². The van der Waals surface area contributed by atoms with Crippen molar-refractivity contribution in [3.63, 3.8) is 0 Å². The topological polar surface area (TPSA) is 84.6 Å². The van der Waals surface area contributed by atoms with E-state index >= 15 is 0 Å². The highest BCUT2D eigenvalue weighted by Crippen LogP contribution is 2.21. The number of halogens is 1. The van der Waals surface area contributed by atoms with Crippen LogP contribution in [0.3, 0.4) is 0 Å². The molecule has 1 aliphatic rings. The van der Waals surface area contributed by atoms with Gasteiger partial charge in [-0.15, -0.1) is 12.4 Å². The SMILES string of the molecule is CC1Nc2cnc(-c3ccc(OCCN(C=O)OCc4ccccc4)cc3)c[n+]2C1=O.Cl. The zero-order valence-electron chi connectivity index (χ0n) is 17.5. The van der Waals surface area contributed by atoms with Crippen LogP contribution in [0.1, 0.15) is 17.3 Å². The zero-order chi connectivity index (χ0) is 21.6. The van der Waals surface area contributed by atoms with E-state index in [2.05, 4.69) is 10.3 Å². The minimum absolute atomic E-state index is 0. The fraction of sp³-hybridized carbons (Fsp3) is 0.217. The van der Waals surface area contributed by atoms with Crippen LogP contribution in [0.25, 0.3) is 11.3 Å². The van der Waals surface area contributed by atoms with Crippen LogP contribution < -0.4 is 14.6 Å². The van der Waals surface area contributed by atoms with E-state index in [0.29, 0.717) is 36.8 Å². The second-order valence-corrected chi connectivity index (χ2v) is 7.11. The Morgan fingerprint density at radius 1 is 1.16 bits per heavy atom. The molecule has 1 atom stereocenters. The van der Waals surface area contributed by atoms with Crippen molar-refractivity contribution in [1.29, 1.82) is 0 Å². The molecule has 9 heteroatoms. The predicted molar refractivity (Wildman–Crippen MR) is 120 cm³/mol. The number of fused-ring (bicyclic) bond motifs is 1. The average molecular weight is 456 g/mol. The summed E-state index contributed by atoms with van der Waals surface area (Å²) in [5, 5.41) is 4.30. The van der Waals surface area contributed by atoms with Crippen LogP contribution in [0.4, 0.5) is 5.82 Å². The first-order chi connectivity index (χ1) is 15.1. The summed E-state index contributed by atoms with van der Waals surface area (Å²) < 4.78 is 7.30. The van der Waals surface area contributed by atoms with Crippen molar-refractivity contribution in [3.05, 3.63) is 72.6 Å². The van der Waals surface area contributed by atoms with E-state index in [1.54, 1.807) is 17.0 Å². The molecule has 0 saturated heterocycles. The summed E-state index contributed by atoms with van der Waals surface area (Å²) in [5.74, 6) is 1.35. The first-order valence-corrected chi connectivity index (χ1v) is 9.98. The van der Waals surface area contributed by atoms with Gasteiger partial charge in [-0.2, -0.15) is 4.57 Å². The van der Waals surface area contributed by atoms with Crippen LogP contribution >= 0.6 is 12.4 Å². The highest BCUT2D eigenvalue weighted by atomic mass is 35.5. The maximum atomic E-state index is 12.2. The highest BCUT2D eigenvalue weighted by Gasteiger charge is 2.35. The molecule has 1 aliphatic heterocycles. The largest absolute Gasteiger partial charge is 0.492 e. The molecule has 1 unspecified atom stereocenters. The summed E-state index contributed by atoms with van der Waals surface area (Å²) >= 11 is 0. The maximum Gasteiger partial charge on any atom is 0.358 e. The Kier molecular flexibility index (Phi) is 7.75. The van der Waals surface area contributed by atoms with E-state index in [0.717, 1.165) is 11.1 Å². The van der Waals surface area contributed by atoms with Crippen LogP contribution in [0.5, 0.6) is 5.75 Å². The highest BCUT2D eigenvalue weighted by molar-refractivity contribution is 5.85. The average Bonchev–Trinajstić information content (AvgIpc) is 3.10. The Labute approximate surface area is 192 Å². The summed E-state index contributed by atoms with van der Waals surface area (Å²) in [7, 11) is 0. The molecule has 0 aliphatic carbocycles. The van der Waals surface area contributed by atoms with E-state index in [1.807, 2.05) is 61.5 Å². The quantitative estimate of drug-likeness (QED) is 0.303. The van der Waals surface area contributed by atoms with Crippen LogP contribution in [0, 0.1) is 0 Å². The van der Waals surface area contributed by atoms with Gasteiger partial charge in [0.15, 0.2) is 6.04 Å². The van der Waals surface area contributed by atoms with E-state index in [-0.39, 0.29) is 31.0 Å². The fourth-order valence-corrected chi connectivity index (χ4v) is 3.20. The number of carbonyl (C=O) groups is 2. The van der Waals surface area contributed by atoms with Gasteiger partial charge in [-0.05, 0) is 36.8 Å². The van der Waals surface area contributed by atoms with Gasteiger partial charge in [0.25, 0.3) is 0 Å². The van der Waals surface area contributed by atoms with E-state index in [4.69, 9.17) is 9.57 Å². The van der Waals surface area contributed by atoms with Crippen molar-refractivity contribution in [2.45, 2.75) is 19.6 Å². The molecule has 2 aromatic carbocycles. The van der Waals surface area contributed by atoms with Gasteiger partial charge >= 0.3 is 11.7 Å². The molecule has 0 radical (unpaired) electrons. The van der Waals surface area contributed by atoms with Gasteiger partial charge in [0.05, 0.1) is 6.54 Å². The molecule has 0 fully saturated rings. The fourth-order valence-electron chi connectivity index (χ4n) is 3.20. The number of rotatable bonds is 9.